The molecule has 55 heavy (non-hydrogen) atoms. The van der Waals surface area contributed by atoms with Gasteiger partial charge in [-0.3, -0.25) is 0 Å². The Morgan fingerprint density at radius 3 is 2.09 bits per heavy atom. The maximum Gasteiger partial charge on any atom is 0.247 e. The Hall–Kier alpha value is -5.78. The molecule has 0 aliphatic carbocycles. The molecule has 0 fully saturated rings. The van der Waals surface area contributed by atoms with Gasteiger partial charge < -0.3 is 14.3 Å². The molecule has 1 radical (unpaired) electrons. The topological polar surface area (TPSA) is 30.1 Å². The predicted molar refractivity (Wildman–Crippen MR) is 239 cm³/mol. The van der Waals surface area contributed by atoms with Crippen molar-refractivity contribution >= 4 is 105 Å². The van der Waals surface area contributed by atoms with Gasteiger partial charge in [0, 0.05) is 58.8 Å². The Balaban J connectivity index is 1.21. The quantitative estimate of drug-likeness (QED) is 0.184. The van der Waals surface area contributed by atoms with E-state index < -0.39 is 0 Å². The lowest BCUT2D eigenvalue weighted by Crippen LogP contribution is -2.36. The summed E-state index contributed by atoms with van der Waals surface area (Å²) in [6.45, 7) is 13.6. The number of benzene rings is 7. The third-order valence-corrected chi connectivity index (χ3v) is 12.9. The van der Waals surface area contributed by atoms with Crippen LogP contribution in [0.5, 0.6) is 0 Å². The van der Waals surface area contributed by atoms with E-state index in [0.29, 0.717) is 0 Å². The van der Waals surface area contributed by atoms with Crippen molar-refractivity contribution in [3.63, 3.8) is 0 Å². The summed E-state index contributed by atoms with van der Waals surface area (Å²) < 4.78 is 12.0. The Labute approximate surface area is 325 Å². The SMILES string of the molecule is CC(C)(C)c1ccc(Nc2cc3ccccc3cc2-c2ccc3c4cc5c(cc4n4c3c2[B]c2oc3ccc(C(C)(C)C)cc3c2-4)sc2ccccc25)cc1. The number of hydrogen-bond acceptors (Lipinski definition) is 3. The molecule has 0 bridgehead atoms. The van der Waals surface area contributed by atoms with Gasteiger partial charge in [-0.25, -0.2) is 0 Å². The van der Waals surface area contributed by atoms with Crippen LogP contribution in [0, 0.1) is 0 Å². The zero-order valence-corrected chi connectivity index (χ0v) is 32.8. The van der Waals surface area contributed by atoms with Crippen LogP contribution in [0.2, 0.25) is 0 Å². The molecule has 0 atom stereocenters. The van der Waals surface area contributed by atoms with E-state index >= 15 is 0 Å². The van der Waals surface area contributed by atoms with Crippen LogP contribution < -0.4 is 16.4 Å². The lowest BCUT2D eigenvalue weighted by atomic mass is 9.62. The minimum absolute atomic E-state index is 0.00562. The van der Waals surface area contributed by atoms with Gasteiger partial charge in [0.2, 0.25) is 7.28 Å². The lowest BCUT2D eigenvalue weighted by Gasteiger charge is -2.22. The molecule has 0 unspecified atom stereocenters. The van der Waals surface area contributed by atoms with E-state index in [1.807, 2.05) is 11.3 Å². The fourth-order valence-corrected chi connectivity index (χ4v) is 9.89. The second-order valence-electron chi connectivity index (χ2n) is 17.3. The van der Waals surface area contributed by atoms with Crippen LogP contribution in [0.4, 0.5) is 11.4 Å². The minimum Gasteiger partial charge on any atom is -0.469 e. The summed E-state index contributed by atoms with van der Waals surface area (Å²) in [5.74, 6) is 0. The summed E-state index contributed by atoms with van der Waals surface area (Å²) in [5, 5.41) is 12.6. The Morgan fingerprint density at radius 2 is 1.31 bits per heavy atom. The van der Waals surface area contributed by atoms with Gasteiger partial charge in [0.1, 0.15) is 5.58 Å². The normalized spacial score (nSPS) is 13.1. The number of nitrogens with zero attached hydrogens (tertiary/aromatic N) is 1. The first-order valence-corrected chi connectivity index (χ1v) is 20.1. The van der Waals surface area contributed by atoms with Gasteiger partial charge in [-0.1, -0.05) is 114 Å². The van der Waals surface area contributed by atoms with Crippen LogP contribution in [0.1, 0.15) is 52.7 Å². The Kier molecular flexibility index (Phi) is 6.75. The third-order valence-electron chi connectivity index (χ3n) is 11.7. The van der Waals surface area contributed by atoms with Crippen molar-refractivity contribution < 1.29 is 4.42 Å². The van der Waals surface area contributed by atoms with E-state index in [2.05, 4.69) is 186 Å². The number of thiophene rings is 1. The molecule has 11 rings (SSSR count). The highest BCUT2D eigenvalue weighted by molar-refractivity contribution is 7.25. The van der Waals surface area contributed by atoms with Gasteiger partial charge in [-0.05, 0) is 98.4 Å². The van der Waals surface area contributed by atoms with Crippen LogP contribution in [0.25, 0.3) is 80.5 Å². The van der Waals surface area contributed by atoms with Gasteiger partial charge in [0.25, 0.3) is 0 Å². The molecule has 0 spiro atoms. The molecule has 0 saturated carbocycles. The second-order valence-corrected chi connectivity index (χ2v) is 18.4. The standard InChI is InChI=1S/C50H40BN2OS/c1-49(2,3)30-15-18-32(19-16-30)52-40-24-29-12-8-7-11-28(29)23-36(40)34-20-21-35-37-26-38-33-13-9-10-14-43(33)55-44(38)27-41(37)53-46(35)45(34)51-48-47(53)39-25-31(50(4,5)6)17-22-42(39)54-48/h7-27,52H,1-6H3. The van der Waals surface area contributed by atoms with Crippen molar-refractivity contribution in [3.8, 4) is 16.8 Å². The summed E-state index contributed by atoms with van der Waals surface area (Å²) in [7, 11) is 2.30. The van der Waals surface area contributed by atoms with Crippen molar-refractivity contribution in [1.29, 1.82) is 0 Å². The summed E-state index contributed by atoms with van der Waals surface area (Å²) in [6.07, 6.45) is 0. The average Bonchev–Trinajstić information content (AvgIpc) is 3.82. The second kappa shape index (κ2) is 11.4. The van der Waals surface area contributed by atoms with Gasteiger partial charge in [0.05, 0.1) is 16.9 Å². The number of hydrogen-bond donors (Lipinski definition) is 1. The van der Waals surface area contributed by atoms with Crippen LogP contribution in [0.3, 0.4) is 0 Å². The lowest BCUT2D eigenvalue weighted by molar-refractivity contribution is 0.590. The van der Waals surface area contributed by atoms with Crippen LogP contribution >= 0.6 is 11.3 Å². The Bertz CT molecular complexity index is 3220. The van der Waals surface area contributed by atoms with Gasteiger partial charge in [-0.2, -0.15) is 0 Å². The highest BCUT2D eigenvalue weighted by Crippen LogP contribution is 2.44. The van der Waals surface area contributed by atoms with E-state index in [0.717, 1.165) is 39.3 Å². The highest BCUT2D eigenvalue weighted by atomic mass is 32.1. The highest BCUT2D eigenvalue weighted by Gasteiger charge is 2.32. The van der Waals surface area contributed by atoms with Gasteiger partial charge in [0.15, 0.2) is 0 Å². The number of fused-ring (bicyclic) bond motifs is 11. The van der Waals surface area contributed by atoms with Crippen molar-refractivity contribution in [2.75, 3.05) is 5.32 Å². The first kappa shape index (κ1) is 32.6. The van der Waals surface area contributed by atoms with E-state index in [1.165, 1.54) is 74.9 Å². The molecule has 3 aromatic heterocycles. The molecule has 0 amide bonds. The zero-order valence-electron chi connectivity index (χ0n) is 32.0. The number of anilines is 2. The number of nitrogens with one attached hydrogen (secondary N) is 1. The number of rotatable bonds is 3. The summed E-state index contributed by atoms with van der Waals surface area (Å²) in [5.41, 5.74) is 13.7. The van der Waals surface area contributed by atoms with E-state index in [4.69, 9.17) is 4.42 Å². The van der Waals surface area contributed by atoms with Crippen molar-refractivity contribution in [2.24, 2.45) is 0 Å². The minimum atomic E-state index is 0.00562. The predicted octanol–water partition coefficient (Wildman–Crippen LogP) is 13.0. The van der Waals surface area contributed by atoms with Crippen LogP contribution in [-0.2, 0) is 10.8 Å². The molecular formula is C50H40BN2OS. The maximum atomic E-state index is 6.84. The van der Waals surface area contributed by atoms with E-state index in [9.17, 15) is 0 Å². The molecule has 265 valence electrons. The number of aromatic nitrogens is 1. The average molecular weight is 728 g/mol. The fraction of sp³-hybridized carbons (Fsp3) is 0.160. The van der Waals surface area contributed by atoms with Gasteiger partial charge in [-0.15, -0.1) is 11.3 Å². The fourth-order valence-electron chi connectivity index (χ4n) is 8.77. The third kappa shape index (κ3) is 4.95. The van der Waals surface area contributed by atoms with Gasteiger partial charge >= 0.3 is 0 Å². The smallest absolute Gasteiger partial charge is 0.247 e. The van der Waals surface area contributed by atoms with E-state index in [1.54, 1.807) is 0 Å². The largest absolute Gasteiger partial charge is 0.469 e. The molecule has 10 aromatic rings. The molecule has 5 heteroatoms. The number of furan rings is 1. The summed E-state index contributed by atoms with van der Waals surface area (Å²) in [6, 6.07) is 47.3. The van der Waals surface area contributed by atoms with Crippen molar-refractivity contribution in [1.82, 2.24) is 4.57 Å². The van der Waals surface area contributed by atoms with Crippen LogP contribution in [-0.4, -0.2) is 11.8 Å². The van der Waals surface area contributed by atoms with E-state index in [-0.39, 0.29) is 10.8 Å². The Morgan fingerprint density at radius 1 is 0.582 bits per heavy atom. The first-order valence-electron chi connectivity index (χ1n) is 19.2. The maximum absolute atomic E-state index is 6.84. The zero-order chi connectivity index (χ0) is 37.4. The van der Waals surface area contributed by atoms with Crippen molar-refractivity contribution in [3.05, 3.63) is 139 Å². The molecule has 1 aliphatic heterocycles. The molecule has 4 heterocycles. The monoisotopic (exact) mass is 727 g/mol. The van der Waals surface area contributed by atoms with Crippen LogP contribution in [0.15, 0.2) is 132 Å². The molecular weight excluding hydrogens is 687 g/mol. The molecule has 1 N–H and O–H groups in total. The molecule has 0 saturated heterocycles. The molecule has 7 aromatic carbocycles. The summed E-state index contributed by atoms with van der Waals surface area (Å²) >= 11 is 1.87. The molecule has 3 nitrogen and oxygen atoms in total. The first-order chi connectivity index (χ1) is 26.5. The summed E-state index contributed by atoms with van der Waals surface area (Å²) in [4.78, 5) is 0. The molecule has 1 aliphatic rings. The van der Waals surface area contributed by atoms with Crippen molar-refractivity contribution in [2.45, 2.75) is 52.4 Å².